The molecule has 0 bridgehead atoms. The molecule has 1 aliphatic carbocycles. The average molecular weight is 416 g/mol. The van der Waals surface area contributed by atoms with Gasteiger partial charge in [-0.1, -0.05) is 6.07 Å². The number of amides is 2. The van der Waals surface area contributed by atoms with E-state index in [0.29, 0.717) is 23.1 Å². The fraction of sp³-hybridized carbons (Fsp3) is 0.526. The lowest BCUT2D eigenvalue weighted by molar-refractivity contribution is -0.719. The van der Waals surface area contributed by atoms with Crippen molar-refractivity contribution in [3.05, 3.63) is 29.6 Å². The summed E-state index contributed by atoms with van der Waals surface area (Å²) in [5, 5.41) is 13.3. The number of aromatic amines is 1. The molecule has 11 heteroatoms. The molecular formula is C19H23FN7O3+. The Morgan fingerprint density at radius 3 is 2.77 bits per heavy atom. The molecule has 30 heavy (non-hydrogen) atoms. The van der Waals surface area contributed by atoms with Gasteiger partial charge >= 0.3 is 12.0 Å². The van der Waals surface area contributed by atoms with Crippen molar-refractivity contribution in [3.8, 4) is 0 Å². The third-order valence-electron chi connectivity index (χ3n) is 6.22. The summed E-state index contributed by atoms with van der Waals surface area (Å²) < 4.78 is 22.0. The second kappa shape index (κ2) is 6.92. The van der Waals surface area contributed by atoms with E-state index in [1.165, 1.54) is 17.9 Å². The normalized spacial score (nSPS) is 27.2. The summed E-state index contributed by atoms with van der Waals surface area (Å²) in [7, 11) is 1.86. The Kier molecular flexibility index (Phi) is 4.33. The minimum absolute atomic E-state index is 0.186. The van der Waals surface area contributed by atoms with Crippen molar-refractivity contribution in [1.29, 1.82) is 0 Å². The van der Waals surface area contributed by atoms with Crippen molar-refractivity contribution < 1.29 is 23.4 Å². The molecule has 1 unspecified atom stereocenters. The number of nitrogens with one attached hydrogen (secondary N) is 2. The van der Waals surface area contributed by atoms with Crippen molar-refractivity contribution in [1.82, 2.24) is 20.8 Å². The Hall–Kier alpha value is -3.24. The van der Waals surface area contributed by atoms with Crippen LogP contribution in [-0.4, -0.2) is 59.8 Å². The van der Waals surface area contributed by atoms with Crippen LogP contribution >= 0.6 is 0 Å². The second-order valence-corrected chi connectivity index (χ2v) is 8.18. The molecule has 2 N–H and O–H groups in total. The van der Waals surface area contributed by atoms with Gasteiger partial charge in [0.1, 0.15) is 17.1 Å². The highest BCUT2D eigenvalue weighted by atomic mass is 19.1. The van der Waals surface area contributed by atoms with E-state index in [4.69, 9.17) is 4.74 Å². The number of piperidine rings is 1. The predicted octanol–water partition coefficient (Wildman–Crippen LogP) is 0.0794. The van der Waals surface area contributed by atoms with Gasteiger partial charge in [-0.25, -0.2) is 9.18 Å². The highest BCUT2D eigenvalue weighted by molar-refractivity contribution is 5.89. The van der Waals surface area contributed by atoms with E-state index in [1.807, 2.05) is 7.05 Å². The van der Waals surface area contributed by atoms with Gasteiger partial charge in [-0.05, 0) is 35.4 Å². The number of fused-ring (bicyclic) bond motifs is 1. The third-order valence-corrected chi connectivity index (χ3v) is 6.22. The zero-order valence-electron chi connectivity index (χ0n) is 16.7. The molecule has 3 fully saturated rings. The number of anilines is 2. The van der Waals surface area contributed by atoms with Gasteiger partial charge in [-0.15, -0.1) is 5.21 Å². The number of aryl methyl sites for hydroxylation is 1. The van der Waals surface area contributed by atoms with Crippen LogP contribution in [0, 0.1) is 17.7 Å². The zero-order chi connectivity index (χ0) is 21.0. The highest BCUT2D eigenvalue weighted by Crippen LogP contribution is 2.59. The largest absolute Gasteiger partial charge is 0.442 e. The first-order valence-electron chi connectivity index (χ1n) is 9.96. The number of benzene rings is 1. The Bertz CT molecular complexity index is 1000. The van der Waals surface area contributed by atoms with Gasteiger partial charge in [0.15, 0.2) is 0 Å². The first-order valence-corrected chi connectivity index (χ1v) is 9.96. The number of nitrogens with zero attached hydrogens (tertiary/aromatic N) is 5. The molecule has 0 radical (unpaired) electrons. The monoisotopic (exact) mass is 416 g/mol. The van der Waals surface area contributed by atoms with E-state index in [2.05, 4.69) is 25.7 Å². The van der Waals surface area contributed by atoms with Crippen LogP contribution in [0.25, 0.3) is 0 Å². The maximum absolute atomic E-state index is 14.9. The molecule has 10 nitrogen and oxygen atoms in total. The summed E-state index contributed by atoms with van der Waals surface area (Å²) in [5.74, 6) is 1.26. The van der Waals surface area contributed by atoms with Gasteiger partial charge in [0.05, 0.1) is 44.0 Å². The van der Waals surface area contributed by atoms with Crippen LogP contribution in [0.2, 0.25) is 0 Å². The van der Waals surface area contributed by atoms with Crippen LogP contribution < -0.4 is 19.8 Å². The van der Waals surface area contributed by atoms with Crippen molar-refractivity contribution >= 4 is 23.6 Å². The first kappa shape index (κ1) is 18.8. The third kappa shape index (κ3) is 3.14. The smallest absolute Gasteiger partial charge is 0.414 e. The van der Waals surface area contributed by atoms with Crippen molar-refractivity contribution in [3.63, 3.8) is 0 Å². The van der Waals surface area contributed by atoms with Crippen LogP contribution in [0.3, 0.4) is 0 Å². The highest BCUT2D eigenvalue weighted by Gasteiger charge is 2.59. The molecule has 158 valence electrons. The lowest BCUT2D eigenvalue weighted by atomic mass is 10.1. The second-order valence-electron chi connectivity index (χ2n) is 8.18. The Labute approximate surface area is 172 Å². The molecule has 1 saturated carbocycles. The number of aromatic nitrogens is 4. The Balaban J connectivity index is 1.24. The molecule has 2 aromatic rings. The number of hydrogen-bond acceptors (Lipinski definition) is 6. The zero-order valence-corrected chi connectivity index (χ0v) is 16.7. The first-order chi connectivity index (χ1) is 14.4. The lowest BCUT2D eigenvalue weighted by Crippen LogP contribution is -2.40. The Morgan fingerprint density at radius 2 is 2.13 bits per heavy atom. The maximum Gasteiger partial charge on any atom is 0.414 e. The number of carbonyl (C=O) groups is 2. The summed E-state index contributed by atoms with van der Waals surface area (Å²) in [6.07, 6.45) is -0.979. The van der Waals surface area contributed by atoms with Crippen LogP contribution in [0.5, 0.6) is 0 Å². The minimum Gasteiger partial charge on any atom is -0.442 e. The number of cyclic esters (lactones) is 1. The van der Waals surface area contributed by atoms with E-state index < -0.39 is 12.2 Å². The van der Waals surface area contributed by atoms with E-state index >= 15 is 0 Å². The molecule has 1 aromatic carbocycles. The molecule has 2 aliphatic heterocycles. The van der Waals surface area contributed by atoms with E-state index in [-0.39, 0.29) is 30.7 Å². The summed E-state index contributed by atoms with van der Waals surface area (Å²) in [5.41, 5.74) is 1.16. The number of H-pyrrole nitrogens is 1. The van der Waals surface area contributed by atoms with Crippen LogP contribution in [0.4, 0.5) is 20.8 Å². The lowest BCUT2D eigenvalue weighted by Gasteiger charge is -2.17. The number of rotatable bonds is 5. The topological polar surface area (TPSA) is 107 Å². The molecule has 2 amide bonds. The van der Waals surface area contributed by atoms with Gasteiger partial charge in [0.2, 0.25) is 5.91 Å². The van der Waals surface area contributed by atoms with Crippen molar-refractivity contribution in [2.24, 2.45) is 18.9 Å². The molecule has 2 saturated heterocycles. The predicted molar refractivity (Wildman–Crippen MR) is 102 cm³/mol. The van der Waals surface area contributed by atoms with Crippen LogP contribution in [-0.2, 0) is 16.6 Å². The fourth-order valence-electron chi connectivity index (χ4n) is 4.72. The van der Waals surface area contributed by atoms with Crippen LogP contribution in [0.15, 0.2) is 18.2 Å². The maximum atomic E-state index is 14.9. The standard InChI is InChI=1S/C19H22FN7O3/c1-10(28)21-6-12-7-27(19(29)30-12)11-3-4-13(16(20)5-11)17-14-8-26(9-15(14)17)18-22-23-24-25(18)2/h3-5,12,14-15,17H,6-9H2,1-2H3,(H,21,28)/p+1/t12-,14-,15+,17?/m0/s1. The Morgan fingerprint density at radius 1 is 1.37 bits per heavy atom. The van der Waals surface area contributed by atoms with Gasteiger partial charge in [0.25, 0.3) is 0 Å². The van der Waals surface area contributed by atoms with Gasteiger partial charge < -0.3 is 10.1 Å². The number of ether oxygens (including phenoxy) is 1. The fourth-order valence-corrected chi connectivity index (χ4v) is 4.72. The van der Waals surface area contributed by atoms with Gasteiger partial charge in [-0.2, -0.15) is 4.68 Å². The van der Waals surface area contributed by atoms with E-state index in [1.54, 1.807) is 16.8 Å². The minimum atomic E-state index is -0.531. The number of tetrazole rings is 1. The molecular weight excluding hydrogens is 393 g/mol. The van der Waals surface area contributed by atoms with Gasteiger partial charge in [-0.3, -0.25) is 14.6 Å². The summed E-state index contributed by atoms with van der Waals surface area (Å²) in [6.45, 7) is 3.56. The molecule has 3 aliphatic rings. The summed E-state index contributed by atoms with van der Waals surface area (Å²) in [6, 6.07) is 4.95. The number of hydrogen-bond donors (Lipinski definition) is 2. The number of halogens is 1. The summed E-state index contributed by atoms with van der Waals surface area (Å²) >= 11 is 0. The van der Waals surface area contributed by atoms with E-state index in [9.17, 15) is 14.0 Å². The summed E-state index contributed by atoms with van der Waals surface area (Å²) in [4.78, 5) is 26.8. The number of carbonyl (C=O) groups excluding carboxylic acids is 2. The average Bonchev–Trinajstić information content (AvgIpc) is 3.10. The molecule has 4 atom stereocenters. The SMILES string of the molecule is CC(=O)NC[C@H]1CN(c2ccc(C3[C@H]4CN(c5nn[nH][n+]5C)C[C@@H]34)c(F)c2)C(=O)O1. The van der Waals surface area contributed by atoms with E-state index in [0.717, 1.165) is 19.0 Å². The quantitative estimate of drug-likeness (QED) is 0.669. The molecule has 5 rings (SSSR count). The van der Waals surface area contributed by atoms with Crippen molar-refractivity contribution in [2.45, 2.75) is 18.9 Å². The molecule has 0 spiro atoms. The van der Waals surface area contributed by atoms with Crippen molar-refractivity contribution in [2.75, 3.05) is 36.0 Å². The molecule has 1 aromatic heterocycles. The van der Waals surface area contributed by atoms with Crippen LogP contribution in [0.1, 0.15) is 18.4 Å². The molecule has 3 heterocycles. The van der Waals surface area contributed by atoms with Gasteiger partial charge in [0, 0.05) is 6.92 Å².